The average molecular weight is 393 g/mol. The summed E-state index contributed by atoms with van der Waals surface area (Å²) in [6.07, 6.45) is 2.21. The quantitative estimate of drug-likeness (QED) is 0.734. The predicted octanol–water partition coefficient (Wildman–Crippen LogP) is 1.58. The van der Waals surface area contributed by atoms with Crippen molar-refractivity contribution in [3.8, 4) is 11.5 Å². The Labute approximate surface area is 158 Å². The molecule has 144 valence electrons. The van der Waals surface area contributed by atoms with Gasteiger partial charge in [-0.25, -0.2) is 8.60 Å². The van der Waals surface area contributed by atoms with E-state index < -0.39 is 22.9 Å². The molecule has 0 aromatic heterocycles. The number of rotatable bonds is 4. The number of hydrogen-bond acceptors (Lipinski definition) is 5. The van der Waals surface area contributed by atoms with Gasteiger partial charge in [0.05, 0.1) is 6.61 Å². The van der Waals surface area contributed by atoms with Crippen molar-refractivity contribution in [3.05, 3.63) is 30.1 Å². The molecule has 4 rings (SSSR count). The van der Waals surface area contributed by atoms with Gasteiger partial charge in [0.15, 0.2) is 5.82 Å². The molecule has 0 spiro atoms. The van der Waals surface area contributed by atoms with Crippen LogP contribution in [-0.2, 0) is 16.0 Å². The largest absolute Gasteiger partial charge is 0.506 e. The molecule has 0 radical (unpaired) electrons. The van der Waals surface area contributed by atoms with Crippen LogP contribution >= 0.6 is 0 Å². The molecule has 2 aliphatic rings. The second-order valence-electron chi connectivity index (χ2n) is 6.78. The van der Waals surface area contributed by atoms with Crippen molar-refractivity contribution in [1.82, 2.24) is 10.0 Å². The van der Waals surface area contributed by atoms with Gasteiger partial charge in [0, 0.05) is 17.8 Å². The third-order valence-corrected chi connectivity index (χ3v) is 5.94. The summed E-state index contributed by atoms with van der Waals surface area (Å²) in [6, 6.07) is 6.36. The van der Waals surface area contributed by atoms with E-state index in [4.69, 9.17) is 4.74 Å². The van der Waals surface area contributed by atoms with E-state index in [0.29, 0.717) is 23.7 Å². The summed E-state index contributed by atoms with van der Waals surface area (Å²) in [6.45, 7) is 2.19. The Morgan fingerprint density at radius 1 is 1.37 bits per heavy atom. The average Bonchev–Trinajstić information content (AvgIpc) is 2.99. The number of aromatic hydroxyl groups is 1. The number of carbonyl (C=O) groups is 1. The first-order valence-corrected chi connectivity index (χ1v) is 9.91. The molecule has 2 saturated heterocycles. The number of amides is 1. The number of piperidine rings is 1. The van der Waals surface area contributed by atoms with Gasteiger partial charge in [-0.2, -0.15) is 0 Å². The van der Waals surface area contributed by atoms with Crippen molar-refractivity contribution in [2.75, 3.05) is 30.5 Å². The summed E-state index contributed by atoms with van der Waals surface area (Å²) in [4.78, 5) is 11.4. The van der Waals surface area contributed by atoms with Gasteiger partial charge in [0.1, 0.15) is 23.7 Å². The first-order chi connectivity index (χ1) is 13.0. The number of benzene rings is 2. The molecule has 2 fully saturated rings. The molecule has 2 unspecified atom stereocenters. The van der Waals surface area contributed by atoms with Crippen LogP contribution in [0.1, 0.15) is 12.8 Å². The molecular weight excluding hydrogens is 373 g/mol. The number of carbonyl (C=O) groups excluding carboxylic acids is 1. The highest BCUT2D eigenvalue weighted by atomic mass is 32.2. The van der Waals surface area contributed by atoms with Crippen molar-refractivity contribution in [1.29, 1.82) is 0 Å². The number of anilines is 1. The van der Waals surface area contributed by atoms with E-state index >= 15 is 4.39 Å². The van der Waals surface area contributed by atoms with Crippen LogP contribution in [0.25, 0.3) is 10.8 Å². The Morgan fingerprint density at radius 2 is 2.22 bits per heavy atom. The van der Waals surface area contributed by atoms with Gasteiger partial charge in [0.25, 0.3) is 5.91 Å². The maximum absolute atomic E-state index is 15.1. The van der Waals surface area contributed by atoms with Crippen molar-refractivity contribution < 1.29 is 23.2 Å². The van der Waals surface area contributed by atoms with Crippen molar-refractivity contribution in [2.24, 2.45) is 5.92 Å². The Bertz CT molecular complexity index is 917. The summed E-state index contributed by atoms with van der Waals surface area (Å²) in [5, 5.41) is 14.3. The summed E-state index contributed by atoms with van der Waals surface area (Å²) in [7, 11) is 0. The van der Waals surface area contributed by atoms with Gasteiger partial charge >= 0.3 is 0 Å². The molecule has 2 heterocycles. The lowest BCUT2D eigenvalue weighted by molar-refractivity contribution is -0.117. The minimum absolute atomic E-state index is 0.235. The lowest BCUT2D eigenvalue weighted by Gasteiger charge is -2.23. The number of phenols is 1. The van der Waals surface area contributed by atoms with Crippen LogP contribution in [0.15, 0.2) is 24.3 Å². The fourth-order valence-corrected chi connectivity index (χ4v) is 4.39. The molecule has 2 aromatic rings. The molecular formula is C18H20FN3O4S. The van der Waals surface area contributed by atoms with Crippen LogP contribution < -0.4 is 19.1 Å². The van der Waals surface area contributed by atoms with Crippen molar-refractivity contribution in [2.45, 2.75) is 12.8 Å². The number of ether oxygens (including phenoxy) is 1. The van der Waals surface area contributed by atoms with Crippen LogP contribution in [0, 0.1) is 11.7 Å². The molecule has 0 aliphatic carbocycles. The molecule has 3 N–H and O–H groups in total. The third kappa shape index (κ3) is 3.57. The summed E-state index contributed by atoms with van der Waals surface area (Å²) in [5.74, 6) is -0.657. The Kier molecular flexibility index (Phi) is 4.88. The van der Waals surface area contributed by atoms with E-state index in [9.17, 15) is 14.1 Å². The van der Waals surface area contributed by atoms with Crippen molar-refractivity contribution in [3.63, 3.8) is 0 Å². The summed E-state index contributed by atoms with van der Waals surface area (Å²) < 4.78 is 36.1. The van der Waals surface area contributed by atoms with E-state index in [1.807, 2.05) is 0 Å². The topological polar surface area (TPSA) is 90.9 Å². The van der Waals surface area contributed by atoms with E-state index in [0.717, 1.165) is 30.2 Å². The highest BCUT2D eigenvalue weighted by Crippen LogP contribution is 2.38. The molecule has 2 aliphatic heterocycles. The minimum atomic E-state index is -1.92. The smallest absolute Gasteiger partial charge is 0.253 e. The maximum atomic E-state index is 15.1. The molecule has 0 saturated carbocycles. The van der Waals surface area contributed by atoms with Crippen LogP contribution in [0.3, 0.4) is 0 Å². The first kappa shape index (κ1) is 18.0. The van der Waals surface area contributed by atoms with Crippen LogP contribution in [0.5, 0.6) is 11.5 Å². The number of fused-ring (bicyclic) bond motifs is 1. The minimum Gasteiger partial charge on any atom is -0.506 e. The van der Waals surface area contributed by atoms with Crippen LogP contribution in [0.4, 0.5) is 10.1 Å². The lowest BCUT2D eigenvalue weighted by Crippen LogP contribution is -2.33. The van der Waals surface area contributed by atoms with Crippen LogP contribution in [0.2, 0.25) is 0 Å². The standard InChI is InChI=1S/C18H20FN3O4S/c19-17-14-7-13(26-10-11-2-1-5-20-8-11)4-3-12(14)6-15(23)18(17)22-9-16(24)21-27(22)25/h3-4,6-7,11,20,23H,1-2,5,8-10H2,(H,21,24). The van der Waals surface area contributed by atoms with Gasteiger partial charge in [0.2, 0.25) is 11.2 Å². The Morgan fingerprint density at radius 3 is 2.93 bits per heavy atom. The van der Waals surface area contributed by atoms with Gasteiger partial charge < -0.3 is 15.2 Å². The predicted molar refractivity (Wildman–Crippen MR) is 100 cm³/mol. The number of nitrogens with zero attached hydrogens (tertiary/aromatic N) is 1. The summed E-state index contributed by atoms with van der Waals surface area (Å²) in [5.41, 5.74) is -0.257. The highest BCUT2D eigenvalue weighted by molar-refractivity contribution is 7.85. The number of hydrogen-bond donors (Lipinski definition) is 3. The van der Waals surface area contributed by atoms with Crippen molar-refractivity contribution >= 4 is 33.5 Å². The molecule has 1 amide bonds. The zero-order chi connectivity index (χ0) is 19.0. The molecule has 2 aromatic carbocycles. The van der Waals surface area contributed by atoms with Gasteiger partial charge in [-0.3, -0.25) is 13.8 Å². The zero-order valence-electron chi connectivity index (χ0n) is 14.5. The first-order valence-electron chi connectivity index (χ1n) is 8.80. The fourth-order valence-electron chi connectivity index (χ4n) is 3.45. The maximum Gasteiger partial charge on any atom is 0.253 e. The molecule has 0 bridgehead atoms. The molecule has 2 atom stereocenters. The third-order valence-electron chi connectivity index (χ3n) is 4.83. The highest BCUT2D eigenvalue weighted by Gasteiger charge is 2.32. The number of nitrogens with one attached hydrogen (secondary N) is 2. The number of phenolic OH excluding ortho intramolecular Hbond substituents is 1. The Hall–Kier alpha value is -2.39. The molecule has 9 heteroatoms. The SMILES string of the molecule is O=C1CN(c2c(O)cc3ccc(OCC4CCCNC4)cc3c2F)S(=O)N1. The van der Waals surface area contributed by atoms with E-state index in [-0.39, 0.29) is 23.4 Å². The summed E-state index contributed by atoms with van der Waals surface area (Å²) >= 11 is -1.92. The fraction of sp³-hybridized carbons (Fsp3) is 0.389. The van der Waals surface area contributed by atoms with E-state index in [1.54, 1.807) is 18.2 Å². The van der Waals surface area contributed by atoms with E-state index in [1.165, 1.54) is 6.07 Å². The van der Waals surface area contributed by atoms with Crippen LogP contribution in [-0.4, -0.2) is 41.5 Å². The van der Waals surface area contributed by atoms with Gasteiger partial charge in [-0.1, -0.05) is 6.07 Å². The van der Waals surface area contributed by atoms with E-state index in [2.05, 4.69) is 10.0 Å². The van der Waals surface area contributed by atoms with Gasteiger partial charge in [-0.15, -0.1) is 0 Å². The second kappa shape index (κ2) is 7.32. The number of halogens is 1. The second-order valence-corrected chi connectivity index (χ2v) is 7.92. The molecule has 7 nitrogen and oxygen atoms in total. The zero-order valence-corrected chi connectivity index (χ0v) is 15.4. The lowest BCUT2D eigenvalue weighted by atomic mass is 10.0. The normalized spacial score (nSPS) is 22.9. The Balaban J connectivity index is 1.63. The molecule has 27 heavy (non-hydrogen) atoms. The van der Waals surface area contributed by atoms with Gasteiger partial charge in [-0.05, 0) is 43.0 Å². The monoisotopic (exact) mass is 393 g/mol.